The van der Waals surface area contributed by atoms with E-state index in [1.165, 1.54) is 14.2 Å². The van der Waals surface area contributed by atoms with Gasteiger partial charge in [0.2, 0.25) is 5.91 Å². The minimum absolute atomic E-state index is 0.0764. The van der Waals surface area contributed by atoms with Gasteiger partial charge in [0.1, 0.15) is 23.8 Å². The van der Waals surface area contributed by atoms with Gasteiger partial charge in [-0.25, -0.2) is 0 Å². The molecule has 1 aromatic heterocycles. The first kappa shape index (κ1) is 31.4. The molecular weight excluding hydrogens is 546 g/mol. The maximum atomic E-state index is 14.0. The smallest absolute Gasteiger partial charge is 0.254 e. The van der Waals surface area contributed by atoms with Crippen molar-refractivity contribution in [1.29, 1.82) is 0 Å². The molecule has 9 heteroatoms. The van der Waals surface area contributed by atoms with E-state index in [9.17, 15) is 9.59 Å². The Hall–Kier alpha value is -4.50. The van der Waals surface area contributed by atoms with Crippen molar-refractivity contribution >= 4 is 22.7 Å². The monoisotopic (exact) mass is 587 g/mol. The molecule has 0 fully saturated rings. The number of hydrogen-bond donors (Lipinski definition) is 1. The van der Waals surface area contributed by atoms with Crippen LogP contribution in [0.25, 0.3) is 10.9 Å². The predicted octanol–water partition coefficient (Wildman–Crippen LogP) is 5.33. The van der Waals surface area contributed by atoms with E-state index < -0.39 is 0 Å². The summed E-state index contributed by atoms with van der Waals surface area (Å²) in [6.07, 6.45) is 3.25. The van der Waals surface area contributed by atoms with Gasteiger partial charge in [-0.3, -0.25) is 9.59 Å². The summed E-state index contributed by atoms with van der Waals surface area (Å²) < 4.78 is 21.6. The van der Waals surface area contributed by atoms with E-state index in [4.69, 9.17) is 18.9 Å². The van der Waals surface area contributed by atoms with Gasteiger partial charge in [0.25, 0.3) is 5.91 Å². The molecule has 1 N–H and O–H groups in total. The second-order valence-corrected chi connectivity index (χ2v) is 10.2. The molecule has 3 aromatic carbocycles. The number of aromatic amines is 1. The number of H-pyrrole nitrogens is 1. The normalized spacial score (nSPS) is 10.9. The van der Waals surface area contributed by atoms with Gasteiger partial charge in [-0.2, -0.15) is 0 Å². The van der Waals surface area contributed by atoms with Crippen LogP contribution in [-0.4, -0.2) is 80.8 Å². The Morgan fingerprint density at radius 1 is 0.837 bits per heavy atom. The van der Waals surface area contributed by atoms with E-state index in [0.717, 1.165) is 27.8 Å². The number of aromatic nitrogens is 1. The van der Waals surface area contributed by atoms with Gasteiger partial charge in [-0.15, -0.1) is 0 Å². The Morgan fingerprint density at radius 3 is 2.23 bits per heavy atom. The third-order valence-electron chi connectivity index (χ3n) is 7.27. The van der Waals surface area contributed by atoms with Crippen molar-refractivity contribution in [3.05, 3.63) is 89.6 Å². The fourth-order valence-electron chi connectivity index (χ4n) is 4.99. The van der Waals surface area contributed by atoms with Crippen molar-refractivity contribution in [2.75, 3.05) is 54.2 Å². The van der Waals surface area contributed by atoms with Gasteiger partial charge in [-0.1, -0.05) is 30.3 Å². The van der Waals surface area contributed by atoms with Gasteiger partial charge in [0, 0.05) is 62.1 Å². The molecule has 2 amide bonds. The van der Waals surface area contributed by atoms with Crippen LogP contribution in [0.15, 0.2) is 72.9 Å². The van der Waals surface area contributed by atoms with Crippen LogP contribution in [0.4, 0.5) is 0 Å². The lowest BCUT2D eigenvalue weighted by atomic mass is 10.1. The summed E-state index contributed by atoms with van der Waals surface area (Å²) in [7, 11) is 4.69. The lowest BCUT2D eigenvalue weighted by Gasteiger charge is -2.28. The molecule has 0 atom stereocenters. The van der Waals surface area contributed by atoms with E-state index in [0.29, 0.717) is 62.8 Å². The van der Waals surface area contributed by atoms with Gasteiger partial charge in [-0.05, 0) is 61.2 Å². The number of carbonyl (C=O) groups is 2. The summed E-state index contributed by atoms with van der Waals surface area (Å²) in [5.41, 5.74) is 3.56. The van der Waals surface area contributed by atoms with Crippen LogP contribution >= 0.6 is 0 Å². The Bertz CT molecular complexity index is 1460. The van der Waals surface area contributed by atoms with Crippen molar-refractivity contribution < 1.29 is 28.5 Å². The SMILES string of the molecule is CCOc1ccc(CN(CCc2c[nH]c3ccccc23)C(=O)CN(CCCOC)C(=O)c2cc(OC)cc(OC)c2)cc1. The molecule has 9 nitrogen and oxygen atoms in total. The van der Waals surface area contributed by atoms with E-state index in [1.807, 2.05) is 60.5 Å². The minimum Gasteiger partial charge on any atom is -0.497 e. The van der Waals surface area contributed by atoms with Crippen LogP contribution in [-0.2, 0) is 22.5 Å². The van der Waals surface area contributed by atoms with E-state index >= 15 is 0 Å². The van der Waals surface area contributed by atoms with Crippen LogP contribution < -0.4 is 14.2 Å². The summed E-state index contributed by atoms with van der Waals surface area (Å²) in [5.74, 6) is 1.36. The molecule has 0 aliphatic carbocycles. The van der Waals surface area contributed by atoms with Crippen molar-refractivity contribution in [2.45, 2.75) is 26.3 Å². The lowest BCUT2D eigenvalue weighted by Crippen LogP contribution is -2.44. The molecule has 0 saturated carbocycles. The van der Waals surface area contributed by atoms with Gasteiger partial charge >= 0.3 is 0 Å². The number of rotatable bonds is 16. The first-order chi connectivity index (χ1) is 20.9. The fraction of sp³-hybridized carbons (Fsp3) is 0.353. The Labute approximate surface area is 253 Å². The zero-order valence-corrected chi connectivity index (χ0v) is 25.4. The zero-order chi connectivity index (χ0) is 30.6. The molecule has 0 aliphatic rings. The number of hydrogen-bond acceptors (Lipinski definition) is 6. The summed E-state index contributed by atoms with van der Waals surface area (Å²) in [4.78, 5) is 34.5. The highest BCUT2D eigenvalue weighted by molar-refractivity contribution is 5.97. The highest BCUT2D eigenvalue weighted by Gasteiger charge is 2.24. The van der Waals surface area contributed by atoms with Crippen LogP contribution in [0, 0.1) is 0 Å². The standard InChI is InChI=1S/C34H41N3O6/c1-5-43-28-13-11-25(12-14-28)23-36(17-15-26-22-35-32-10-7-6-9-31(26)32)33(38)24-37(16-8-18-40-2)34(39)27-19-29(41-3)21-30(20-27)42-4/h6-7,9-14,19-22,35H,5,8,15-18,23-24H2,1-4H3. The maximum Gasteiger partial charge on any atom is 0.254 e. The van der Waals surface area contributed by atoms with Crippen molar-refractivity contribution in [1.82, 2.24) is 14.8 Å². The van der Waals surface area contributed by atoms with Crippen LogP contribution in [0.5, 0.6) is 17.2 Å². The maximum absolute atomic E-state index is 14.0. The molecule has 0 saturated heterocycles. The number of para-hydroxylation sites is 1. The van der Waals surface area contributed by atoms with E-state index in [1.54, 1.807) is 30.2 Å². The molecule has 0 unspecified atom stereocenters. The molecule has 43 heavy (non-hydrogen) atoms. The topological polar surface area (TPSA) is 93.3 Å². The number of ether oxygens (including phenoxy) is 4. The third-order valence-corrected chi connectivity index (χ3v) is 7.27. The first-order valence-electron chi connectivity index (χ1n) is 14.5. The predicted molar refractivity (Wildman–Crippen MR) is 167 cm³/mol. The van der Waals surface area contributed by atoms with E-state index in [-0.39, 0.29) is 18.4 Å². The number of nitrogens with zero attached hydrogens (tertiary/aromatic N) is 2. The van der Waals surface area contributed by atoms with Crippen molar-refractivity contribution in [3.63, 3.8) is 0 Å². The highest BCUT2D eigenvalue weighted by Crippen LogP contribution is 2.24. The molecule has 4 aromatic rings. The van der Waals surface area contributed by atoms with Crippen molar-refractivity contribution in [2.24, 2.45) is 0 Å². The number of methoxy groups -OCH3 is 3. The molecule has 4 rings (SSSR count). The van der Waals surface area contributed by atoms with Gasteiger partial charge < -0.3 is 33.7 Å². The van der Waals surface area contributed by atoms with Gasteiger partial charge in [0.15, 0.2) is 0 Å². The first-order valence-corrected chi connectivity index (χ1v) is 14.5. The summed E-state index contributed by atoms with van der Waals surface area (Å²) >= 11 is 0. The number of carbonyl (C=O) groups excluding carboxylic acids is 2. The lowest BCUT2D eigenvalue weighted by molar-refractivity contribution is -0.132. The third kappa shape index (κ3) is 8.51. The van der Waals surface area contributed by atoms with Gasteiger partial charge in [0.05, 0.1) is 20.8 Å². The van der Waals surface area contributed by atoms with Crippen LogP contribution in [0.1, 0.15) is 34.8 Å². The Kier molecular flexibility index (Phi) is 11.4. The average molecular weight is 588 g/mol. The average Bonchev–Trinajstić information content (AvgIpc) is 3.45. The van der Waals surface area contributed by atoms with Crippen LogP contribution in [0.2, 0.25) is 0 Å². The zero-order valence-electron chi connectivity index (χ0n) is 25.4. The molecule has 0 aliphatic heterocycles. The Balaban J connectivity index is 1.57. The molecule has 0 bridgehead atoms. The second-order valence-electron chi connectivity index (χ2n) is 10.2. The van der Waals surface area contributed by atoms with E-state index in [2.05, 4.69) is 11.1 Å². The minimum atomic E-state index is -0.278. The fourth-order valence-corrected chi connectivity index (χ4v) is 4.99. The molecular formula is C34H41N3O6. The number of amides is 2. The molecule has 0 spiro atoms. The number of nitrogens with one attached hydrogen (secondary N) is 1. The Morgan fingerprint density at radius 2 is 1.56 bits per heavy atom. The summed E-state index contributed by atoms with van der Waals surface area (Å²) in [6.45, 7) is 4.17. The number of fused-ring (bicyclic) bond motifs is 1. The summed E-state index contributed by atoms with van der Waals surface area (Å²) in [5, 5.41) is 1.14. The molecule has 228 valence electrons. The highest BCUT2D eigenvalue weighted by atomic mass is 16.5. The second kappa shape index (κ2) is 15.7. The quantitative estimate of drug-likeness (QED) is 0.178. The number of benzene rings is 3. The van der Waals surface area contributed by atoms with Crippen LogP contribution in [0.3, 0.4) is 0 Å². The molecule has 0 radical (unpaired) electrons. The summed E-state index contributed by atoms with van der Waals surface area (Å²) in [6, 6.07) is 20.9. The molecule has 1 heterocycles. The van der Waals surface area contributed by atoms with Crippen molar-refractivity contribution in [3.8, 4) is 17.2 Å². The largest absolute Gasteiger partial charge is 0.497 e.